The van der Waals surface area contributed by atoms with E-state index >= 15 is 0 Å². The molecular weight excluding hydrogens is 222 g/mol. The number of anilines is 2. The van der Waals surface area contributed by atoms with Gasteiger partial charge in [0.05, 0.1) is 16.9 Å². The van der Waals surface area contributed by atoms with Crippen molar-refractivity contribution in [1.82, 2.24) is 4.98 Å². The molecule has 1 aromatic rings. The van der Waals surface area contributed by atoms with Gasteiger partial charge in [-0.05, 0) is 25.8 Å². The van der Waals surface area contributed by atoms with E-state index in [-0.39, 0.29) is 0 Å². The summed E-state index contributed by atoms with van der Waals surface area (Å²) in [7, 11) is 0. The van der Waals surface area contributed by atoms with Crippen molar-refractivity contribution in [2.45, 2.75) is 33.7 Å². The van der Waals surface area contributed by atoms with Gasteiger partial charge in [-0.3, -0.25) is 0 Å². The van der Waals surface area contributed by atoms with Gasteiger partial charge in [0.2, 0.25) is 0 Å². The number of nitrogen functional groups attached to an aromatic ring is 1. The molecular formula is C12H20ClN3. The Balaban J connectivity index is 3.01. The minimum absolute atomic E-state index is 0.371. The van der Waals surface area contributed by atoms with Gasteiger partial charge in [-0.2, -0.15) is 0 Å². The molecule has 0 aliphatic heterocycles. The fraction of sp³-hybridized carbons (Fsp3) is 0.583. The molecule has 0 aromatic carbocycles. The van der Waals surface area contributed by atoms with Crippen LogP contribution in [0.5, 0.6) is 0 Å². The van der Waals surface area contributed by atoms with Crippen molar-refractivity contribution < 1.29 is 0 Å². The highest BCUT2D eigenvalue weighted by Crippen LogP contribution is 2.27. The molecule has 4 heteroatoms. The highest BCUT2D eigenvalue weighted by molar-refractivity contribution is 6.33. The predicted octanol–water partition coefficient (Wildman–Crippen LogP) is 3.19. The molecule has 0 unspecified atom stereocenters. The Morgan fingerprint density at radius 1 is 1.38 bits per heavy atom. The third-order valence-corrected chi connectivity index (χ3v) is 2.58. The van der Waals surface area contributed by atoms with Crippen molar-refractivity contribution in [2.75, 3.05) is 17.2 Å². The zero-order chi connectivity index (χ0) is 12.3. The lowest BCUT2D eigenvalue weighted by atomic mass is 10.2. The summed E-state index contributed by atoms with van der Waals surface area (Å²) in [5.74, 6) is 1.39. The first-order chi connectivity index (χ1) is 7.41. The van der Waals surface area contributed by atoms with Crippen molar-refractivity contribution in [2.24, 2.45) is 5.92 Å². The minimum atomic E-state index is 0.371. The summed E-state index contributed by atoms with van der Waals surface area (Å²) in [6.45, 7) is 9.57. The second-order valence-electron chi connectivity index (χ2n) is 4.71. The van der Waals surface area contributed by atoms with Crippen molar-refractivity contribution in [3.63, 3.8) is 0 Å². The molecule has 0 saturated heterocycles. The van der Waals surface area contributed by atoms with Gasteiger partial charge in [0.1, 0.15) is 5.82 Å². The number of nitrogens with two attached hydrogens (primary N) is 1. The van der Waals surface area contributed by atoms with Crippen LogP contribution in [0.1, 0.15) is 27.7 Å². The Labute approximate surface area is 103 Å². The lowest BCUT2D eigenvalue weighted by molar-refractivity contribution is 0.566. The first kappa shape index (κ1) is 13.1. The summed E-state index contributed by atoms with van der Waals surface area (Å²) in [6.07, 6.45) is 1.65. The Morgan fingerprint density at radius 2 is 2.00 bits per heavy atom. The first-order valence-electron chi connectivity index (χ1n) is 5.59. The molecule has 2 N–H and O–H groups in total. The quantitative estimate of drug-likeness (QED) is 0.881. The largest absolute Gasteiger partial charge is 0.397 e. The number of pyridine rings is 1. The van der Waals surface area contributed by atoms with Gasteiger partial charge in [0.25, 0.3) is 0 Å². The van der Waals surface area contributed by atoms with Crippen LogP contribution < -0.4 is 10.6 Å². The van der Waals surface area contributed by atoms with Crippen LogP contribution in [0, 0.1) is 5.92 Å². The molecule has 1 heterocycles. The zero-order valence-electron chi connectivity index (χ0n) is 10.4. The van der Waals surface area contributed by atoms with Crippen molar-refractivity contribution in [3.8, 4) is 0 Å². The Bertz CT molecular complexity index is 350. The monoisotopic (exact) mass is 241 g/mol. The highest BCUT2D eigenvalue weighted by Gasteiger charge is 2.16. The SMILES string of the molecule is CC(C)CN(c1ncc(N)cc1Cl)C(C)C. The number of hydrogen-bond acceptors (Lipinski definition) is 3. The normalized spacial score (nSPS) is 11.2. The molecule has 16 heavy (non-hydrogen) atoms. The maximum absolute atomic E-state index is 6.17. The molecule has 0 saturated carbocycles. The fourth-order valence-corrected chi connectivity index (χ4v) is 1.88. The lowest BCUT2D eigenvalue weighted by Crippen LogP contribution is -2.35. The summed E-state index contributed by atoms with van der Waals surface area (Å²) in [5.41, 5.74) is 6.24. The number of aromatic nitrogens is 1. The van der Waals surface area contributed by atoms with E-state index in [0.29, 0.717) is 22.7 Å². The van der Waals surface area contributed by atoms with E-state index in [1.54, 1.807) is 12.3 Å². The summed E-state index contributed by atoms with van der Waals surface area (Å²) >= 11 is 6.17. The number of rotatable bonds is 4. The number of nitrogens with zero attached hydrogens (tertiary/aromatic N) is 2. The van der Waals surface area contributed by atoms with Gasteiger partial charge in [-0.1, -0.05) is 25.4 Å². The molecule has 0 bridgehead atoms. The summed E-state index contributed by atoms with van der Waals surface area (Å²) in [6, 6.07) is 2.12. The number of hydrogen-bond donors (Lipinski definition) is 1. The lowest BCUT2D eigenvalue weighted by Gasteiger charge is -2.30. The van der Waals surface area contributed by atoms with Crippen molar-refractivity contribution >= 4 is 23.1 Å². The van der Waals surface area contributed by atoms with E-state index in [1.165, 1.54) is 0 Å². The van der Waals surface area contributed by atoms with Crippen LogP contribution in [0.4, 0.5) is 11.5 Å². The fourth-order valence-electron chi connectivity index (χ4n) is 1.59. The molecule has 0 fully saturated rings. The summed E-state index contributed by atoms with van der Waals surface area (Å²) in [4.78, 5) is 6.52. The summed E-state index contributed by atoms with van der Waals surface area (Å²) in [5, 5.41) is 0.620. The smallest absolute Gasteiger partial charge is 0.147 e. The van der Waals surface area contributed by atoms with Gasteiger partial charge >= 0.3 is 0 Å². The van der Waals surface area contributed by atoms with Gasteiger partial charge < -0.3 is 10.6 Å². The molecule has 1 aromatic heterocycles. The average Bonchev–Trinajstić information content (AvgIpc) is 2.14. The Kier molecular flexibility index (Phi) is 4.42. The van der Waals surface area contributed by atoms with E-state index in [1.807, 2.05) is 0 Å². The minimum Gasteiger partial charge on any atom is -0.397 e. The molecule has 90 valence electrons. The third-order valence-electron chi connectivity index (χ3n) is 2.30. The van der Waals surface area contributed by atoms with Crippen LogP contribution >= 0.6 is 11.6 Å². The van der Waals surface area contributed by atoms with E-state index in [9.17, 15) is 0 Å². The second-order valence-corrected chi connectivity index (χ2v) is 5.12. The third kappa shape index (κ3) is 3.27. The van der Waals surface area contributed by atoms with Gasteiger partial charge in [0, 0.05) is 12.6 Å². The molecule has 0 radical (unpaired) electrons. The molecule has 0 aliphatic rings. The van der Waals surface area contributed by atoms with Gasteiger partial charge in [0.15, 0.2) is 0 Å². The highest BCUT2D eigenvalue weighted by atomic mass is 35.5. The zero-order valence-corrected chi connectivity index (χ0v) is 11.1. The predicted molar refractivity (Wildman–Crippen MR) is 71.0 cm³/mol. The van der Waals surface area contributed by atoms with Crippen LogP contribution in [-0.2, 0) is 0 Å². The van der Waals surface area contributed by atoms with Crippen molar-refractivity contribution in [3.05, 3.63) is 17.3 Å². The standard InChI is InChI=1S/C12H20ClN3/c1-8(2)7-16(9(3)4)12-11(13)5-10(14)6-15-12/h5-6,8-9H,7,14H2,1-4H3. The number of halogens is 1. The van der Waals surface area contributed by atoms with E-state index in [4.69, 9.17) is 17.3 Å². The van der Waals surface area contributed by atoms with Gasteiger partial charge in [-0.15, -0.1) is 0 Å². The summed E-state index contributed by atoms with van der Waals surface area (Å²) < 4.78 is 0. The van der Waals surface area contributed by atoms with E-state index in [2.05, 4.69) is 37.6 Å². The van der Waals surface area contributed by atoms with Gasteiger partial charge in [-0.25, -0.2) is 4.98 Å². The molecule has 3 nitrogen and oxygen atoms in total. The van der Waals surface area contributed by atoms with Crippen molar-refractivity contribution in [1.29, 1.82) is 0 Å². The maximum atomic E-state index is 6.17. The second kappa shape index (κ2) is 5.39. The van der Waals surface area contributed by atoms with E-state index < -0.39 is 0 Å². The molecule has 0 atom stereocenters. The molecule has 0 aliphatic carbocycles. The Morgan fingerprint density at radius 3 is 2.44 bits per heavy atom. The maximum Gasteiger partial charge on any atom is 0.147 e. The molecule has 0 amide bonds. The van der Waals surface area contributed by atoms with Crippen LogP contribution in [0.15, 0.2) is 12.3 Å². The molecule has 0 spiro atoms. The van der Waals surface area contributed by atoms with Crippen LogP contribution in [-0.4, -0.2) is 17.6 Å². The first-order valence-corrected chi connectivity index (χ1v) is 5.97. The van der Waals surface area contributed by atoms with Crippen LogP contribution in [0.2, 0.25) is 5.02 Å². The van der Waals surface area contributed by atoms with Crippen LogP contribution in [0.25, 0.3) is 0 Å². The topological polar surface area (TPSA) is 42.2 Å². The van der Waals surface area contributed by atoms with Crippen LogP contribution in [0.3, 0.4) is 0 Å². The molecule has 1 rings (SSSR count). The van der Waals surface area contributed by atoms with E-state index in [0.717, 1.165) is 12.4 Å². The Hall–Kier alpha value is -0.960. The average molecular weight is 242 g/mol.